The number of nitrogens with one attached hydrogen (secondary N) is 1. The Morgan fingerprint density at radius 2 is 2.00 bits per heavy atom. The zero-order chi connectivity index (χ0) is 13.1. The van der Waals surface area contributed by atoms with Gasteiger partial charge in [-0.15, -0.1) is 0 Å². The van der Waals surface area contributed by atoms with Gasteiger partial charge in [-0.1, -0.05) is 6.92 Å². The lowest BCUT2D eigenvalue weighted by Gasteiger charge is -2.50. The maximum Gasteiger partial charge on any atom is 0.410 e. The van der Waals surface area contributed by atoms with Crippen molar-refractivity contribution in [3.8, 4) is 0 Å². The highest BCUT2D eigenvalue weighted by atomic mass is 16.6. The Kier molecular flexibility index (Phi) is 4.42. The summed E-state index contributed by atoms with van der Waals surface area (Å²) in [6, 6.07) is 0. The zero-order valence-corrected chi connectivity index (χ0v) is 11.8. The standard InChI is InChI=1S/C13H26N2O2/c1-6-13(7-8-14-5)9-15(10-13)11(16)17-12(2,3)4/h14H,6-10H2,1-5H3. The van der Waals surface area contributed by atoms with Crippen LogP contribution < -0.4 is 5.32 Å². The van der Waals surface area contributed by atoms with Crippen LogP contribution in [0.1, 0.15) is 40.5 Å². The van der Waals surface area contributed by atoms with Gasteiger partial charge in [0.2, 0.25) is 0 Å². The highest BCUT2D eigenvalue weighted by Crippen LogP contribution is 2.37. The van der Waals surface area contributed by atoms with Crippen LogP contribution in [0.5, 0.6) is 0 Å². The second-order valence-electron chi connectivity index (χ2n) is 6.04. The number of rotatable bonds is 4. The number of amides is 1. The smallest absolute Gasteiger partial charge is 0.410 e. The van der Waals surface area contributed by atoms with Crippen molar-refractivity contribution >= 4 is 6.09 Å². The van der Waals surface area contributed by atoms with E-state index in [1.165, 1.54) is 0 Å². The van der Waals surface area contributed by atoms with Crippen molar-refractivity contribution in [3.05, 3.63) is 0 Å². The quantitative estimate of drug-likeness (QED) is 0.822. The monoisotopic (exact) mass is 242 g/mol. The van der Waals surface area contributed by atoms with Crippen molar-refractivity contribution in [2.75, 3.05) is 26.7 Å². The van der Waals surface area contributed by atoms with Crippen LogP contribution in [0.4, 0.5) is 4.79 Å². The normalized spacial score (nSPS) is 18.8. The van der Waals surface area contributed by atoms with Gasteiger partial charge in [0, 0.05) is 18.5 Å². The minimum Gasteiger partial charge on any atom is -0.444 e. The molecule has 0 aromatic carbocycles. The summed E-state index contributed by atoms with van der Waals surface area (Å²) in [5.41, 5.74) is -0.0908. The summed E-state index contributed by atoms with van der Waals surface area (Å²) in [5, 5.41) is 3.17. The molecule has 17 heavy (non-hydrogen) atoms. The topological polar surface area (TPSA) is 41.6 Å². The molecule has 1 amide bonds. The van der Waals surface area contributed by atoms with E-state index in [-0.39, 0.29) is 6.09 Å². The van der Waals surface area contributed by atoms with Crippen LogP contribution in [0, 0.1) is 5.41 Å². The van der Waals surface area contributed by atoms with Gasteiger partial charge in [0.1, 0.15) is 5.60 Å². The van der Waals surface area contributed by atoms with E-state index in [4.69, 9.17) is 4.74 Å². The van der Waals surface area contributed by atoms with E-state index in [0.717, 1.165) is 32.5 Å². The Morgan fingerprint density at radius 3 is 2.41 bits per heavy atom. The van der Waals surface area contributed by atoms with Gasteiger partial charge in [-0.2, -0.15) is 0 Å². The summed E-state index contributed by atoms with van der Waals surface area (Å²) in [6.07, 6.45) is 2.07. The fourth-order valence-electron chi connectivity index (χ4n) is 2.17. The van der Waals surface area contributed by atoms with E-state index in [0.29, 0.717) is 5.41 Å². The first-order chi connectivity index (χ1) is 7.82. The molecule has 1 saturated heterocycles. The molecule has 4 nitrogen and oxygen atoms in total. The number of carbonyl (C=O) groups is 1. The van der Waals surface area contributed by atoms with Crippen LogP contribution in [0.3, 0.4) is 0 Å². The van der Waals surface area contributed by atoms with Gasteiger partial charge in [-0.25, -0.2) is 4.79 Å². The SMILES string of the molecule is CCC1(CCNC)CN(C(=O)OC(C)(C)C)C1. The summed E-state index contributed by atoms with van der Waals surface area (Å²) < 4.78 is 5.36. The first-order valence-corrected chi connectivity index (χ1v) is 6.44. The molecule has 0 saturated carbocycles. The van der Waals surface area contributed by atoms with Gasteiger partial charge in [-0.05, 0) is 47.2 Å². The molecule has 1 N–H and O–H groups in total. The Morgan fingerprint density at radius 1 is 1.41 bits per heavy atom. The average molecular weight is 242 g/mol. The Labute approximate surface area is 105 Å². The van der Waals surface area contributed by atoms with Crippen molar-refractivity contribution in [1.82, 2.24) is 10.2 Å². The van der Waals surface area contributed by atoms with Gasteiger partial charge < -0.3 is 15.0 Å². The van der Waals surface area contributed by atoms with E-state index in [1.807, 2.05) is 32.7 Å². The molecule has 100 valence electrons. The Balaban J connectivity index is 2.40. The van der Waals surface area contributed by atoms with Crippen molar-refractivity contribution in [2.24, 2.45) is 5.41 Å². The highest BCUT2D eigenvalue weighted by molar-refractivity contribution is 5.69. The fourth-order valence-corrected chi connectivity index (χ4v) is 2.17. The lowest BCUT2D eigenvalue weighted by atomic mass is 9.75. The molecule has 1 aliphatic heterocycles. The van der Waals surface area contributed by atoms with Gasteiger partial charge in [-0.3, -0.25) is 0 Å². The predicted molar refractivity (Wildman–Crippen MR) is 69.1 cm³/mol. The molecule has 0 radical (unpaired) electrons. The zero-order valence-electron chi connectivity index (χ0n) is 11.8. The Bertz CT molecular complexity index is 265. The molecule has 0 aromatic heterocycles. The molecule has 4 heteroatoms. The van der Waals surface area contributed by atoms with Gasteiger partial charge in [0.25, 0.3) is 0 Å². The number of hydrogen-bond acceptors (Lipinski definition) is 3. The summed E-state index contributed by atoms with van der Waals surface area (Å²) >= 11 is 0. The molecule has 0 bridgehead atoms. The molecular formula is C13H26N2O2. The number of nitrogens with zero attached hydrogens (tertiary/aromatic N) is 1. The van der Waals surface area contributed by atoms with Crippen LogP contribution in [0.15, 0.2) is 0 Å². The molecule has 0 aliphatic carbocycles. The number of hydrogen-bond donors (Lipinski definition) is 1. The van der Waals surface area contributed by atoms with E-state index >= 15 is 0 Å². The highest BCUT2D eigenvalue weighted by Gasteiger charge is 2.44. The maximum atomic E-state index is 11.8. The minimum atomic E-state index is -0.396. The molecule has 0 aromatic rings. The summed E-state index contributed by atoms with van der Waals surface area (Å²) in [4.78, 5) is 13.6. The van der Waals surface area contributed by atoms with Crippen molar-refractivity contribution in [3.63, 3.8) is 0 Å². The molecule has 0 unspecified atom stereocenters. The molecule has 1 fully saturated rings. The van der Waals surface area contributed by atoms with E-state index in [2.05, 4.69) is 12.2 Å². The second-order valence-corrected chi connectivity index (χ2v) is 6.04. The minimum absolute atomic E-state index is 0.175. The predicted octanol–water partition coefficient (Wildman–Crippen LogP) is 2.24. The first-order valence-electron chi connectivity index (χ1n) is 6.44. The number of carbonyl (C=O) groups excluding carboxylic acids is 1. The van der Waals surface area contributed by atoms with E-state index in [1.54, 1.807) is 0 Å². The molecule has 0 atom stereocenters. The van der Waals surface area contributed by atoms with Crippen molar-refractivity contribution in [1.29, 1.82) is 0 Å². The summed E-state index contributed by atoms with van der Waals surface area (Å²) in [5.74, 6) is 0. The van der Waals surface area contributed by atoms with Gasteiger partial charge in [0.15, 0.2) is 0 Å². The largest absolute Gasteiger partial charge is 0.444 e. The summed E-state index contributed by atoms with van der Waals surface area (Å²) in [6.45, 7) is 10.6. The second kappa shape index (κ2) is 5.25. The first kappa shape index (κ1) is 14.3. The molecule has 0 spiro atoms. The molecule has 1 aliphatic rings. The third-order valence-corrected chi connectivity index (χ3v) is 3.36. The van der Waals surface area contributed by atoms with Crippen LogP contribution in [-0.4, -0.2) is 43.3 Å². The molecule has 1 rings (SSSR count). The third kappa shape index (κ3) is 3.87. The fraction of sp³-hybridized carbons (Fsp3) is 0.923. The lowest BCUT2D eigenvalue weighted by molar-refractivity contribution is -0.0387. The van der Waals surface area contributed by atoms with Crippen molar-refractivity contribution in [2.45, 2.75) is 46.1 Å². The molecular weight excluding hydrogens is 216 g/mol. The summed E-state index contributed by atoms with van der Waals surface area (Å²) in [7, 11) is 1.97. The van der Waals surface area contributed by atoms with Crippen molar-refractivity contribution < 1.29 is 9.53 Å². The number of ether oxygens (including phenoxy) is 1. The maximum absolute atomic E-state index is 11.8. The van der Waals surface area contributed by atoms with E-state index in [9.17, 15) is 4.79 Å². The molecule has 1 heterocycles. The average Bonchev–Trinajstić information content (AvgIpc) is 2.14. The third-order valence-electron chi connectivity index (χ3n) is 3.36. The van der Waals surface area contributed by atoms with Gasteiger partial charge in [0.05, 0.1) is 0 Å². The number of likely N-dealkylation sites (tertiary alicyclic amines) is 1. The van der Waals surface area contributed by atoms with Crippen LogP contribution in [0.25, 0.3) is 0 Å². The Hall–Kier alpha value is -0.770. The van der Waals surface area contributed by atoms with Crippen LogP contribution in [-0.2, 0) is 4.74 Å². The van der Waals surface area contributed by atoms with E-state index < -0.39 is 5.60 Å². The lowest BCUT2D eigenvalue weighted by Crippen LogP contribution is -2.59. The van der Waals surface area contributed by atoms with Crippen LogP contribution in [0.2, 0.25) is 0 Å². The van der Waals surface area contributed by atoms with Crippen LogP contribution >= 0.6 is 0 Å². The van der Waals surface area contributed by atoms with Gasteiger partial charge >= 0.3 is 6.09 Å².